The molecule has 1 aliphatic carbocycles. The van der Waals surface area contributed by atoms with Crippen LogP contribution in [0.5, 0.6) is 0 Å². The molecule has 7 nitrogen and oxygen atoms in total. The lowest BCUT2D eigenvalue weighted by Gasteiger charge is -2.41. The molecule has 42 heavy (non-hydrogen) atoms. The van der Waals surface area contributed by atoms with Crippen LogP contribution < -0.4 is 15.1 Å². The van der Waals surface area contributed by atoms with Crippen molar-refractivity contribution in [3.63, 3.8) is 0 Å². The third-order valence-corrected chi connectivity index (χ3v) is 10.2. The Balaban J connectivity index is 1.13. The van der Waals surface area contributed by atoms with Gasteiger partial charge in [0.1, 0.15) is 5.82 Å². The number of anilines is 2. The number of amides is 2. The van der Waals surface area contributed by atoms with Gasteiger partial charge >= 0.3 is 6.03 Å². The van der Waals surface area contributed by atoms with Gasteiger partial charge in [0.2, 0.25) is 0 Å². The number of benzene rings is 1. The van der Waals surface area contributed by atoms with Crippen molar-refractivity contribution >= 4 is 17.5 Å². The number of rotatable bonds is 7. The van der Waals surface area contributed by atoms with Crippen LogP contribution in [0.15, 0.2) is 42.6 Å². The van der Waals surface area contributed by atoms with Crippen molar-refractivity contribution in [2.75, 3.05) is 42.6 Å². The highest BCUT2D eigenvalue weighted by molar-refractivity contribution is 5.92. The molecule has 228 valence electrons. The van der Waals surface area contributed by atoms with Gasteiger partial charge in [-0.25, -0.2) is 9.78 Å². The van der Waals surface area contributed by atoms with Crippen LogP contribution in [0.3, 0.4) is 0 Å². The molecule has 2 amide bonds. The number of ether oxygens (including phenoxy) is 1. The number of aromatic nitrogens is 1. The number of hydrogen-bond donors (Lipinski definition) is 1. The van der Waals surface area contributed by atoms with E-state index in [2.05, 4.69) is 72.3 Å². The van der Waals surface area contributed by atoms with Gasteiger partial charge in [-0.2, -0.15) is 0 Å². The molecular weight excluding hydrogens is 522 g/mol. The van der Waals surface area contributed by atoms with E-state index < -0.39 is 0 Å². The highest BCUT2D eigenvalue weighted by atomic mass is 16.5. The van der Waals surface area contributed by atoms with Gasteiger partial charge in [-0.3, -0.25) is 9.80 Å². The van der Waals surface area contributed by atoms with Crippen molar-refractivity contribution in [2.24, 2.45) is 5.92 Å². The number of pyridine rings is 1. The first-order chi connectivity index (χ1) is 20.3. The number of fused-ring (bicyclic) bond motifs is 2. The first-order valence-corrected chi connectivity index (χ1v) is 16.6. The average molecular weight is 574 g/mol. The molecule has 3 saturated heterocycles. The summed E-state index contributed by atoms with van der Waals surface area (Å²) in [6.45, 7) is 11.8. The molecule has 2 aromatic rings. The first kappa shape index (κ1) is 29.4. The molecule has 7 heteroatoms. The third-order valence-electron chi connectivity index (χ3n) is 10.2. The molecule has 4 fully saturated rings. The average Bonchev–Trinajstić information content (AvgIpc) is 3.23. The van der Waals surface area contributed by atoms with E-state index in [-0.39, 0.29) is 17.5 Å². The maximum absolute atomic E-state index is 13.8. The van der Waals surface area contributed by atoms with E-state index in [0.29, 0.717) is 18.0 Å². The Hall–Kier alpha value is -2.64. The Morgan fingerprint density at radius 1 is 0.952 bits per heavy atom. The Morgan fingerprint density at radius 2 is 1.64 bits per heavy atom. The van der Waals surface area contributed by atoms with Gasteiger partial charge < -0.3 is 15.0 Å². The molecule has 6 rings (SSSR count). The molecule has 2 unspecified atom stereocenters. The summed E-state index contributed by atoms with van der Waals surface area (Å²) in [6.07, 6.45) is 12.6. The van der Waals surface area contributed by atoms with E-state index in [0.717, 1.165) is 76.6 Å². The Bertz CT molecular complexity index is 1150. The minimum Gasteiger partial charge on any atom is -0.378 e. The Labute approximate surface area is 253 Å². The Kier molecular flexibility index (Phi) is 9.06. The standard InChI is InChI=1S/C35H51N5O2/c1-35(2,3)28-11-9-26(10-12-28)24-39-30-13-14-31(39)22-27(21-30)25-40(34(41)37-29-7-5-4-6-8-29)32-15-16-33(36-23-32)38-17-19-42-20-18-38/h9-12,15-16,23,27,29-31H,4-8,13-14,17-22,24-25H2,1-3H3,(H,37,41). The molecule has 4 heterocycles. The lowest BCUT2D eigenvalue weighted by atomic mass is 9.86. The predicted molar refractivity (Wildman–Crippen MR) is 170 cm³/mol. The zero-order valence-electron chi connectivity index (χ0n) is 26.1. The van der Waals surface area contributed by atoms with Gasteiger partial charge in [0.05, 0.1) is 25.1 Å². The summed E-state index contributed by atoms with van der Waals surface area (Å²) in [6, 6.07) is 15.0. The van der Waals surface area contributed by atoms with Gasteiger partial charge in [-0.15, -0.1) is 0 Å². The largest absolute Gasteiger partial charge is 0.378 e. The number of morpholine rings is 1. The molecule has 4 aliphatic rings. The summed E-state index contributed by atoms with van der Waals surface area (Å²) in [4.78, 5) is 25.6. The number of piperidine rings is 1. The molecule has 2 bridgehead atoms. The first-order valence-electron chi connectivity index (χ1n) is 16.6. The number of urea groups is 1. The van der Waals surface area contributed by atoms with Crippen molar-refractivity contribution in [3.05, 3.63) is 53.7 Å². The summed E-state index contributed by atoms with van der Waals surface area (Å²) >= 11 is 0. The van der Waals surface area contributed by atoms with E-state index in [4.69, 9.17) is 9.72 Å². The SMILES string of the molecule is CC(C)(C)c1ccc(CN2C3CCC2CC(CN(C(=O)NC2CCCCC2)c2ccc(N4CCOCC4)nc2)C3)cc1. The van der Waals surface area contributed by atoms with Crippen LogP contribution in [0.25, 0.3) is 0 Å². The van der Waals surface area contributed by atoms with Crippen molar-refractivity contribution in [1.29, 1.82) is 0 Å². The van der Waals surface area contributed by atoms with Crippen LogP contribution >= 0.6 is 0 Å². The minimum absolute atomic E-state index is 0.0523. The van der Waals surface area contributed by atoms with Crippen molar-refractivity contribution in [1.82, 2.24) is 15.2 Å². The smallest absolute Gasteiger partial charge is 0.322 e. The zero-order chi connectivity index (χ0) is 29.1. The van der Waals surface area contributed by atoms with E-state index in [1.165, 1.54) is 43.2 Å². The number of nitrogens with one attached hydrogen (secondary N) is 1. The van der Waals surface area contributed by atoms with Crippen LogP contribution in [0, 0.1) is 5.92 Å². The predicted octanol–water partition coefficient (Wildman–Crippen LogP) is 6.51. The molecule has 1 saturated carbocycles. The fourth-order valence-electron chi connectivity index (χ4n) is 7.70. The maximum atomic E-state index is 13.8. The summed E-state index contributed by atoms with van der Waals surface area (Å²) in [7, 11) is 0. The van der Waals surface area contributed by atoms with Crippen LogP contribution in [0.1, 0.15) is 89.7 Å². The summed E-state index contributed by atoms with van der Waals surface area (Å²) in [5, 5.41) is 3.40. The highest BCUT2D eigenvalue weighted by Gasteiger charge is 2.41. The zero-order valence-corrected chi connectivity index (χ0v) is 26.1. The second-order valence-electron chi connectivity index (χ2n) is 14.2. The van der Waals surface area contributed by atoms with Gasteiger partial charge in [0.25, 0.3) is 0 Å². The van der Waals surface area contributed by atoms with Crippen molar-refractivity contribution in [3.8, 4) is 0 Å². The topological polar surface area (TPSA) is 60.9 Å². The molecular formula is C35H51N5O2. The number of nitrogens with zero attached hydrogens (tertiary/aromatic N) is 4. The third kappa shape index (κ3) is 6.94. The van der Waals surface area contributed by atoms with Crippen LogP contribution in [0.2, 0.25) is 0 Å². The van der Waals surface area contributed by atoms with Crippen LogP contribution in [0.4, 0.5) is 16.3 Å². The van der Waals surface area contributed by atoms with E-state index >= 15 is 0 Å². The lowest BCUT2D eigenvalue weighted by Crippen LogP contribution is -2.50. The summed E-state index contributed by atoms with van der Waals surface area (Å²) in [5.41, 5.74) is 3.91. The minimum atomic E-state index is 0.0523. The molecule has 1 N–H and O–H groups in total. The number of carbonyl (C=O) groups is 1. The van der Waals surface area contributed by atoms with Crippen molar-refractivity contribution in [2.45, 2.75) is 109 Å². The molecule has 0 radical (unpaired) electrons. The lowest BCUT2D eigenvalue weighted by molar-refractivity contribution is 0.0983. The molecule has 1 aromatic heterocycles. The van der Waals surface area contributed by atoms with Crippen LogP contribution in [-0.2, 0) is 16.7 Å². The fraction of sp³-hybridized carbons (Fsp3) is 0.657. The normalized spacial score (nSPS) is 25.4. The van der Waals surface area contributed by atoms with Crippen LogP contribution in [-0.4, -0.2) is 66.9 Å². The maximum Gasteiger partial charge on any atom is 0.322 e. The number of carbonyl (C=O) groups excluding carboxylic acids is 1. The molecule has 2 atom stereocenters. The van der Waals surface area contributed by atoms with E-state index in [9.17, 15) is 4.79 Å². The fourth-order valence-corrected chi connectivity index (χ4v) is 7.70. The van der Waals surface area contributed by atoms with Crippen molar-refractivity contribution < 1.29 is 9.53 Å². The van der Waals surface area contributed by atoms with E-state index in [1.54, 1.807) is 0 Å². The van der Waals surface area contributed by atoms with Gasteiger partial charge in [-0.05, 0) is 73.1 Å². The van der Waals surface area contributed by atoms with E-state index in [1.807, 2.05) is 11.1 Å². The molecule has 0 spiro atoms. The number of hydrogen-bond acceptors (Lipinski definition) is 5. The quantitative estimate of drug-likeness (QED) is 0.409. The highest BCUT2D eigenvalue weighted by Crippen LogP contribution is 2.40. The van der Waals surface area contributed by atoms with Gasteiger partial charge in [0, 0.05) is 44.3 Å². The summed E-state index contributed by atoms with van der Waals surface area (Å²) in [5.74, 6) is 1.47. The van der Waals surface area contributed by atoms with Gasteiger partial charge in [-0.1, -0.05) is 64.3 Å². The molecule has 3 aliphatic heterocycles. The second-order valence-corrected chi connectivity index (χ2v) is 14.2. The second kappa shape index (κ2) is 12.9. The monoisotopic (exact) mass is 573 g/mol. The summed E-state index contributed by atoms with van der Waals surface area (Å²) < 4.78 is 5.52. The Morgan fingerprint density at radius 3 is 2.26 bits per heavy atom. The molecule has 1 aromatic carbocycles. The van der Waals surface area contributed by atoms with Gasteiger partial charge in [0.15, 0.2) is 0 Å².